The number of unbranched alkanes of at least 4 members (excludes halogenated alkanes) is 1. The third-order valence-corrected chi connectivity index (χ3v) is 4.27. The van der Waals surface area contributed by atoms with Gasteiger partial charge in [0.2, 0.25) is 10.0 Å². The Balaban J connectivity index is 2.75. The lowest BCUT2D eigenvalue weighted by atomic mass is 10.2. The average Bonchev–Trinajstić information content (AvgIpc) is 2.41. The Kier molecular flexibility index (Phi) is 6.98. The fourth-order valence-electron chi connectivity index (χ4n) is 1.64. The SMILES string of the molecule is CCCCOc1ccc(S(=O)(=O)NCCOC)cc1C. The highest BCUT2D eigenvalue weighted by Crippen LogP contribution is 2.22. The molecule has 1 aromatic carbocycles. The number of rotatable bonds is 9. The van der Waals surface area contributed by atoms with Gasteiger partial charge in [0, 0.05) is 13.7 Å². The maximum Gasteiger partial charge on any atom is 0.240 e. The van der Waals surface area contributed by atoms with Crippen molar-refractivity contribution in [1.82, 2.24) is 4.72 Å². The second-order valence-electron chi connectivity index (χ2n) is 4.52. The van der Waals surface area contributed by atoms with E-state index < -0.39 is 10.0 Å². The quantitative estimate of drug-likeness (QED) is 0.709. The lowest BCUT2D eigenvalue weighted by molar-refractivity contribution is 0.204. The largest absolute Gasteiger partial charge is 0.493 e. The van der Waals surface area contributed by atoms with Crippen LogP contribution >= 0.6 is 0 Å². The topological polar surface area (TPSA) is 64.6 Å². The smallest absolute Gasteiger partial charge is 0.240 e. The van der Waals surface area contributed by atoms with E-state index in [1.54, 1.807) is 18.2 Å². The van der Waals surface area contributed by atoms with Crippen molar-refractivity contribution in [2.45, 2.75) is 31.6 Å². The molecule has 0 unspecified atom stereocenters. The fraction of sp³-hybridized carbons (Fsp3) is 0.571. The molecule has 0 spiro atoms. The average molecular weight is 301 g/mol. The first-order valence-electron chi connectivity index (χ1n) is 6.73. The first-order chi connectivity index (χ1) is 9.51. The molecule has 5 nitrogen and oxygen atoms in total. The fourth-order valence-corrected chi connectivity index (χ4v) is 2.74. The Morgan fingerprint density at radius 2 is 2.00 bits per heavy atom. The predicted molar refractivity (Wildman–Crippen MR) is 78.6 cm³/mol. The van der Waals surface area contributed by atoms with Crippen molar-refractivity contribution in [3.8, 4) is 5.75 Å². The van der Waals surface area contributed by atoms with Crippen LogP contribution in [0.25, 0.3) is 0 Å². The molecule has 1 rings (SSSR count). The van der Waals surface area contributed by atoms with Gasteiger partial charge in [0.25, 0.3) is 0 Å². The molecule has 1 aromatic rings. The molecule has 0 heterocycles. The van der Waals surface area contributed by atoms with Crippen molar-refractivity contribution in [2.75, 3.05) is 26.9 Å². The molecule has 114 valence electrons. The molecular formula is C14H23NO4S. The molecule has 0 aliphatic heterocycles. The summed E-state index contributed by atoms with van der Waals surface area (Å²) in [5.74, 6) is 0.731. The van der Waals surface area contributed by atoms with Gasteiger partial charge in [-0.05, 0) is 37.1 Å². The van der Waals surface area contributed by atoms with E-state index in [2.05, 4.69) is 11.6 Å². The van der Waals surface area contributed by atoms with Crippen LogP contribution in [0.3, 0.4) is 0 Å². The van der Waals surface area contributed by atoms with Gasteiger partial charge in [0.05, 0.1) is 18.1 Å². The number of ether oxygens (including phenoxy) is 2. The van der Waals surface area contributed by atoms with E-state index in [0.29, 0.717) is 13.2 Å². The summed E-state index contributed by atoms with van der Waals surface area (Å²) in [6.45, 7) is 5.19. The second kappa shape index (κ2) is 8.24. The summed E-state index contributed by atoms with van der Waals surface area (Å²) in [4.78, 5) is 0.244. The number of aryl methyl sites for hydroxylation is 1. The summed E-state index contributed by atoms with van der Waals surface area (Å²) >= 11 is 0. The van der Waals surface area contributed by atoms with E-state index in [9.17, 15) is 8.42 Å². The van der Waals surface area contributed by atoms with Gasteiger partial charge in [-0.1, -0.05) is 13.3 Å². The summed E-state index contributed by atoms with van der Waals surface area (Å²) in [5.41, 5.74) is 0.815. The minimum atomic E-state index is -3.48. The van der Waals surface area contributed by atoms with Crippen LogP contribution in [0, 0.1) is 6.92 Å². The molecule has 0 saturated carbocycles. The second-order valence-corrected chi connectivity index (χ2v) is 6.29. The standard InChI is InChI=1S/C14H23NO4S/c1-4-5-9-19-14-7-6-13(11-12(14)2)20(16,17)15-8-10-18-3/h6-7,11,15H,4-5,8-10H2,1-3H3. The van der Waals surface area contributed by atoms with Crippen LogP contribution in [0.15, 0.2) is 23.1 Å². The first kappa shape index (κ1) is 16.9. The van der Waals surface area contributed by atoms with E-state index in [4.69, 9.17) is 9.47 Å². The number of hydrogen-bond donors (Lipinski definition) is 1. The summed E-state index contributed by atoms with van der Waals surface area (Å²) in [5, 5.41) is 0. The predicted octanol–water partition coefficient (Wildman–Crippen LogP) is 2.10. The van der Waals surface area contributed by atoms with Gasteiger partial charge < -0.3 is 9.47 Å². The molecular weight excluding hydrogens is 278 g/mol. The molecule has 0 amide bonds. The van der Waals surface area contributed by atoms with Crippen LogP contribution in [0.5, 0.6) is 5.75 Å². The van der Waals surface area contributed by atoms with Crippen molar-refractivity contribution in [2.24, 2.45) is 0 Å². The third-order valence-electron chi connectivity index (χ3n) is 2.81. The van der Waals surface area contributed by atoms with Crippen LogP contribution in [-0.2, 0) is 14.8 Å². The van der Waals surface area contributed by atoms with Crippen molar-refractivity contribution in [3.05, 3.63) is 23.8 Å². The summed E-state index contributed by atoms with van der Waals surface area (Å²) in [6.07, 6.45) is 2.05. The molecule has 0 saturated heterocycles. The summed E-state index contributed by atoms with van der Waals surface area (Å²) < 4.78 is 37.0. The van der Waals surface area contributed by atoms with E-state index in [1.807, 2.05) is 6.92 Å². The molecule has 1 N–H and O–H groups in total. The molecule has 20 heavy (non-hydrogen) atoms. The molecule has 0 aliphatic carbocycles. The summed E-state index contributed by atoms with van der Waals surface area (Å²) in [7, 11) is -1.95. The number of methoxy groups -OCH3 is 1. The molecule has 6 heteroatoms. The number of nitrogens with one attached hydrogen (secondary N) is 1. The maximum absolute atomic E-state index is 12.0. The number of sulfonamides is 1. The highest BCUT2D eigenvalue weighted by atomic mass is 32.2. The van der Waals surface area contributed by atoms with E-state index in [1.165, 1.54) is 7.11 Å². The zero-order chi connectivity index (χ0) is 15.0. The number of hydrogen-bond acceptors (Lipinski definition) is 4. The van der Waals surface area contributed by atoms with E-state index >= 15 is 0 Å². The van der Waals surface area contributed by atoms with Gasteiger partial charge in [-0.2, -0.15) is 0 Å². The molecule has 0 radical (unpaired) electrons. The van der Waals surface area contributed by atoms with Crippen LogP contribution in [0.2, 0.25) is 0 Å². The van der Waals surface area contributed by atoms with Crippen molar-refractivity contribution >= 4 is 10.0 Å². The molecule has 0 aliphatic rings. The zero-order valence-electron chi connectivity index (χ0n) is 12.3. The van der Waals surface area contributed by atoms with Gasteiger partial charge in [-0.25, -0.2) is 13.1 Å². The Hall–Kier alpha value is -1.11. The van der Waals surface area contributed by atoms with E-state index in [-0.39, 0.29) is 11.4 Å². The summed E-state index contributed by atoms with van der Waals surface area (Å²) in [6, 6.07) is 4.88. The normalized spacial score (nSPS) is 11.6. The molecule has 0 aromatic heterocycles. The van der Waals surface area contributed by atoms with Gasteiger partial charge >= 0.3 is 0 Å². The lowest BCUT2D eigenvalue weighted by Gasteiger charge is -2.11. The van der Waals surface area contributed by atoms with Crippen molar-refractivity contribution < 1.29 is 17.9 Å². The lowest BCUT2D eigenvalue weighted by Crippen LogP contribution is -2.27. The van der Waals surface area contributed by atoms with Crippen LogP contribution in [0.4, 0.5) is 0 Å². The molecule has 0 fully saturated rings. The minimum absolute atomic E-state index is 0.244. The Labute approximate surface area is 121 Å². The van der Waals surface area contributed by atoms with Gasteiger partial charge in [-0.3, -0.25) is 0 Å². The van der Waals surface area contributed by atoms with Gasteiger partial charge in [-0.15, -0.1) is 0 Å². The van der Waals surface area contributed by atoms with Crippen molar-refractivity contribution in [3.63, 3.8) is 0 Å². The van der Waals surface area contributed by atoms with Crippen LogP contribution in [0.1, 0.15) is 25.3 Å². The number of benzene rings is 1. The highest BCUT2D eigenvalue weighted by molar-refractivity contribution is 7.89. The third kappa shape index (κ3) is 5.11. The first-order valence-corrected chi connectivity index (χ1v) is 8.21. The Morgan fingerprint density at radius 3 is 2.60 bits per heavy atom. The minimum Gasteiger partial charge on any atom is -0.493 e. The maximum atomic E-state index is 12.0. The van der Waals surface area contributed by atoms with E-state index in [0.717, 1.165) is 24.2 Å². The Morgan fingerprint density at radius 1 is 1.25 bits per heavy atom. The molecule has 0 bridgehead atoms. The Bertz CT molecular complexity index is 514. The van der Waals surface area contributed by atoms with Crippen LogP contribution < -0.4 is 9.46 Å². The zero-order valence-corrected chi connectivity index (χ0v) is 13.1. The molecule has 0 atom stereocenters. The monoisotopic (exact) mass is 301 g/mol. The van der Waals surface area contributed by atoms with Gasteiger partial charge in [0.15, 0.2) is 0 Å². The van der Waals surface area contributed by atoms with Gasteiger partial charge in [0.1, 0.15) is 5.75 Å². The van der Waals surface area contributed by atoms with Crippen LogP contribution in [-0.4, -0.2) is 35.3 Å². The van der Waals surface area contributed by atoms with Crippen molar-refractivity contribution in [1.29, 1.82) is 0 Å². The highest BCUT2D eigenvalue weighted by Gasteiger charge is 2.14.